The Hall–Kier alpha value is -2.50. The summed E-state index contributed by atoms with van der Waals surface area (Å²) >= 11 is 0. The summed E-state index contributed by atoms with van der Waals surface area (Å²) in [4.78, 5) is 64.6. The van der Waals surface area contributed by atoms with Gasteiger partial charge in [0.15, 0.2) is 0 Å². The Bertz CT molecular complexity index is 821. The monoisotopic (exact) mass is 509 g/mol. The molecule has 34 heavy (non-hydrogen) atoms. The van der Waals surface area contributed by atoms with E-state index >= 15 is 0 Å². The lowest BCUT2D eigenvalue weighted by molar-refractivity contribution is -0.225. The van der Waals surface area contributed by atoms with Crippen molar-refractivity contribution in [3.05, 3.63) is 0 Å². The van der Waals surface area contributed by atoms with Gasteiger partial charge in [0.25, 0.3) is 5.91 Å². The van der Waals surface area contributed by atoms with Gasteiger partial charge in [0.2, 0.25) is 19.8 Å². The van der Waals surface area contributed by atoms with Crippen LogP contribution in [0.1, 0.15) is 61.8 Å². The first-order valence-corrected chi connectivity index (χ1v) is 11.9. The molecule has 194 valence electrons. The number of esters is 3. The van der Waals surface area contributed by atoms with Crippen molar-refractivity contribution >= 4 is 37.4 Å². The van der Waals surface area contributed by atoms with Gasteiger partial charge in [-0.25, -0.2) is 0 Å². The molecule has 0 radical (unpaired) electrons. The zero-order valence-electron chi connectivity index (χ0n) is 20.6. The third-order valence-electron chi connectivity index (χ3n) is 4.17. The van der Waals surface area contributed by atoms with E-state index in [-0.39, 0.29) is 0 Å². The van der Waals surface area contributed by atoms with E-state index in [2.05, 4.69) is 0 Å². The van der Waals surface area contributed by atoms with E-state index in [1.54, 1.807) is 41.5 Å². The number of hydroxylamine groups is 2. The molecule has 0 aromatic carbocycles. The van der Waals surface area contributed by atoms with Gasteiger partial charge in [0, 0.05) is 20.3 Å². The lowest BCUT2D eigenvalue weighted by Crippen LogP contribution is -2.38. The zero-order chi connectivity index (χ0) is 26.5. The van der Waals surface area contributed by atoms with Crippen molar-refractivity contribution in [3.8, 4) is 0 Å². The Morgan fingerprint density at radius 3 is 1.68 bits per heavy atom. The van der Waals surface area contributed by atoms with Crippen LogP contribution in [0.5, 0.6) is 0 Å². The highest BCUT2D eigenvalue weighted by Gasteiger charge is 2.55. The number of ether oxygens (including phenoxy) is 3. The lowest BCUT2D eigenvalue weighted by atomic mass is 9.98. The molecule has 1 heterocycles. The first-order chi connectivity index (χ1) is 15.4. The van der Waals surface area contributed by atoms with Crippen LogP contribution in [0.4, 0.5) is 0 Å². The third kappa shape index (κ3) is 8.37. The Labute approximate surface area is 197 Å². The molecule has 0 bridgehead atoms. The maximum atomic E-state index is 13.6. The number of carbonyl (C=O) groups is 5. The van der Waals surface area contributed by atoms with Crippen molar-refractivity contribution in [2.75, 3.05) is 13.6 Å². The van der Waals surface area contributed by atoms with Gasteiger partial charge in [0.1, 0.15) is 5.66 Å². The molecular weight excluding hydrogens is 477 g/mol. The minimum Gasteiger partial charge on any atom is -0.438 e. The normalized spacial score (nSPS) is 18.9. The van der Waals surface area contributed by atoms with E-state index < -0.39 is 80.1 Å². The Morgan fingerprint density at radius 2 is 1.32 bits per heavy atom. The topological polar surface area (TPSA) is 161 Å². The maximum absolute atomic E-state index is 13.6. The van der Waals surface area contributed by atoms with Crippen LogP contribution in [0.3, 0.4) is 0 Å². The van der Waals surface area contributed by atoms with Crippen LogP contribution >= 0.6 is 7.60 Å². The average Bonchev–Trinajstić information content (AvgIpc) is 2.95. The summed E-state index contributed by atoms with van der Waals surface area (Å²) in [6, 6.07) is 0. The Morgan fingerprint density at radius 1 is 0.882 bits per heavy atom. The van der Waals surface area contributed by atoms with E-state index in [4.69, 9.17) is 28.1 Å². The molecule has 1 saturated heterocycles. The van der Waals surface area contributed by atoms with E-state index in [1.165, 1.54) is 0 Å². The molecule has 2 atom stereocenters. The second kappa shape index (κ2) is 11.3. The summed E-state index contributed by atoms with van der Waals surface area (Å²) in [5.41, 5.74) is -3.42. The summed E-state index contributed by atoms with van der Waals surface area (Å²) < 4.78 is 38.9. The van der Waals surface area contributed by atoms with E-state index in [0.29, 0.717) is 5.06 Å². The van der Waals surface area contributed by atoms with Crippen LogP contribution in [-0.2, 0) is 56.6 Å². The van der Waals surface area contributed by atoms with Crippen molar-refractivity contribution < 1.29 is 56.6 Å². The summed E-state index contributed by atoms with van der Waals surface area (Å²) in [6.07, 6.45) is -1.85. The molecule has 0 saturated carbocycles. The van der Waals surface area contributed by atoms with Crippen molar-refractivity contribution in [1.82, 2.24) is 5.06 Å². The first kappa shape index (κ1) is 29.5. The molecule has 0 aromatic heterocycles. The molecule has 0 spiro atoms. The molecule has 1 aliphatic heterocycles. The predicted molar refractivity (Wildman–Crippen MR) is 113 cm³/mol. The highest BCUT2D eigenvalue weighted by atomic mass is 31.2. The van der Waals surface area contributed by atoms with Crippen molar-refractivity contribution in [1.29, 1.82) is 0 Å². The van der Waals surface area contributed by atoms with Gasteiger partial charge < -0.3 is 19.0 Å². The quantitative estimate of drug-likeness (QED) is 0.193. The van der Waals surface area contributed by atoms with Crippen LogP contribution < -0.4 is 0 Å². The second-order valence-electron chi connectivity index (χ2n) is 9.46. The van der Waals surface area contributed by atoms with Crippen molar-refractivity contribution in [3.63, 3.8) is 0 Å². The van der Waals surface area contributed by atoms with Crippen LogP contribution in [0.2, 0.25) is 0 Å². The van der Waals surface area contributed by atoms with Gasteiger partial charge in [-0.15, -0.1) is 5.06 Å². The van der Waals surface area contributed by atoms with E-state index in [0.717, 1.165) is 13.8 Å². The van der Waals surface area contributed by atoms with Gasteiger partial charge in [-0.2, -0.15) is 0 Å². The summed E-state index contributed by atoms with van der Waals surface area (Å²) in [5.74, 6) is -4.12. The van der Waals surface area contributed by atoms with Gasteiger partial charge in [-0.3, -0.25) is 37.6 Å². The zero-order valence-corrected chi connectivity index (χ0v) is 21.5. The lowest BCUT2D eigenvalue weighted by Gasteiger charge is -2.24. The Balaban J connectivity index is 3.13. The highest BCUT2D eigenvalue weighted by molar-refractivity contribution is 7.55. The fourth-order valence-electron chi connectivity index (χ4n) is 2.43. The number of hydrogen-bond acceptors (Lipinski definition) is 12. The molecule has 1 fully saturated rings. The molecule has 1 rings (SSSR count). The number of carbonyl (C=O) groups excluding carboxylic acids is 5. The molecular formula is C20H32NO12P. The van der Waals surface area contributed by atoms with Gasteiger partial charge in [0.05, 0.1) is 10.8 Å². The smallest absolute Gasteiger partial charge is 0.349 e. The van der Waals surface area contributed by atoms with Gasteiger partial charge in [-0.05, 0) is 41.5 Å². The molecule has 0 aliphatic carbocycles. The highest BCUT2D eigenvalue weighted by Crippen LogP contribution is 2.57. The molecule has 0 N–H and O–H groups in total. The summed E-state index contributed by atoms with van der Waals surface area (Å²) in [6.45, 7) is 9.86. The van der Waals surface area contributed by atoms with Gasteiger partial charge >= 0.3 is 31.5 Å². The fourth-order valence-corrected chi connectivity index (χ4v) is 4.08. The van der Waals surface area contributed by atoms with Gasteiger partial charge in [-0.1, -0.05) is 0 Å². The average molecular weight is 509 g/mol. The van der Waals surface area contributed by atoms with Crippen LogP contribution in [0.15, 0.2) is 0 Å². The standard InChI is InChI=1S/C20H32NO12P/c1-12(22)32-15-9-14(16(24)21(15)33-13(2)23)34(27,30-10-28-17(25)19(3,4)5)31-11-29-18(26)20(6,7)8/h14-15H,9-11H2,1-8H3. The predicted octanol–water partition coefficient (Wildman–Crippen LogP) is 2.27. The van der Waals surface area contributed by atoms with Crippen LogP contribution in [-0.4, -0.2) is 60.3 Å². The molecule has 0 aromatic rings. The van der Waals surface area contributed by atoms with Crippen LogP contribution in [0, 0.1) is 10.8 Å². The maximum Gasteiger partial charge on any atom is 0.349 e. The summed E-state index contributed by atoms with van der Waals surface area (Å²) in [5, 5.41) is 0.454. The largest absolute Gasteiger partial charge is 0.438 e. The number of hydrogen-bond donors (Lipinski definition) is 0. The van der Waals surface area contributed by atoms with Crippen molar-refractivity contribution in [2.45, 2.75) is 73.7 Å². The minimum absolute atomic E-state index is 0.441. The third-order valence-corrected chi connectivity index (χ3v) is 6.30. The van der Waals surface area contributed by atoms with E-state index in [1.807, 2.05) is 0 Å². The second-order valence-corrected chi connectivity index (χ2v) is 11.7. The van der Waals surface area contributed by atoms with E-state index in [9.17, 15) is 28.5 Å². The molecule has 1 aliphatic rings. The number of rotatable bonds is 9. The number of amides is 1. The van der Waals surface area contributed by atoms with Crippen molar-refractivity contribution in [2.24, 2.45) is 10.8 Å². The number of nitrogens with zero attached hydrogens (tertiary/aromatic N) is 1. The first-order valence-electron chi connectivity index (χ1n) is 10.3. The fraction of sp³-hybridized carbons (Fsp3) is 0.750. The SMILES string of the molecule is CC(=O)OC1CC(P(=O)(OCOC(=O)C(C)(C)C)OCOC(=O)C(C)(C)C)C(=O)N1OC(C)=O. The minimum atomic E-state index is -4.53. The Kier molecular flexibility index (Phi) is 9.80. The molecule has 13 nitrogen and oxygen atoms in total. The van der Waals surface area contributed by atoms with Crippen LogP contribution in [0.25, 0.3) is 0 Å². The summed E-state index contributed by atoms with van der Waals surface area (Å²) in [7, 11) is -4.53. The molecule has 14 heteroatoms. The molecule has 2 unspecified atom stereocenters. The molecule has 1 amide bonds.